The maximum Gasteiger partial charge on any atom is 0.276 e. The molecule has 0 bridgehead atoms. The molecule has 0 saturated heterocycles. The summed E-state index contributed by atoms with van der Waals surface area (Å²) in [5, 5.41) is 11.9. The average molecular weight is 397 g/mol. The molecule has 0 atom stereocenters. The van der Waals surface area contributed by atoms with Gasteiger partial charge >= 0.3 is 0 Å². The van der Waals surface area contributed by atoms with Crippen LogP contribution in [0.3, 0.4) is 0 Å². The number of phenols is 1. The molecule has 0 aliphatic rings. The van der Waals surface area contributed by atoms with E-state index in [0.717, 1.165) is 29.4 Å². The third kappa shape index (κ3) is 3.31. The van der Waals surface area contributed by atoms with Gasteiger partial charge in [-0.2, -0.15) is 0 Å². The van der Waals surface area contributed by atoms with Crippen LogP contribution in [-0.2, 0) is 6.54 Å². The number of hydrogen-bond acceptors (Lipinski definition) is 5. The van der Waals surface area contributed by atoms with Gasteiger partial charge in [0.25, 0.3) is 5.56 Å². The van der Waals surface area contributed by atoms with Crippen LogP contribution in [0.25, 0.3) is 23.3 Å². The normalized spacial score (nSPS) is 12.8. The van der Waals surface area contributed by atoms with E-state index in [1.165, 1.54) is 17.0 Å². The fourth-order valence-corrected chi connectivity index (χ4v) is 3.08. The number of aromatic hydroxyl groups is 1. The second-order valence-electron chi connectivity index (χ2n) is 6.24. The van der Waals surface area contributed by atoms with Crippen LogP contribution in [-0.4, -0.2) is 24.6 Å². The van der Waals surface area contributed by atoms with Gasteiger partial charge in [-0.3, -0.25) is 9.36 Å². The lowest BCUT2D eigenvalue weighted by molar-refractivity contribution is 0.396. The Balaban J connectivity index is 1.87. The predicted molar refractivity (Wildman–Crippen MR) is 101 cm³/mol. The van der Waals surface area contributed by atoms with Gasteiger partial charge in [-0.05, 0) is 40.6 Å². The zero-order valence-corrected chi connectivity index (χ0v) is 14.7. The second kappa shape index (κ2) is 7.15. The number of halogens is 2. The number of nitrogens with one attached hydrogen (secondary N) is 2. The van der Waals surface area contributed by atoms with Gasteiger partial charge in [0.15, 0.2) is 17.4 Å². The molecule has 8 nitrogen and oxygen atoms in total. The molecule has 10 heteroatoms. The van der Waals surface area contributed by atoms with Gasteiger partial charge in [0.2, 0.25) is 0 Å². The first kappa shape index (κ1) is 18.3. The van der Waals surface area contributed by atoms with Gasteiger partial charge in [-0.15, -0.1) is 4.91 Å². The van der Waals surface area contributed by atoms with Crippen molar-refractivity contribution >= 4 is 23.3 Å². The highest BCUT2D eigenvalue weighted by Crippen LogP contribution is 2.21. The van der Waals surface area contributed by atoms with Crippen LogP contribution in [0.2, 0.25) is 0 Å². The lowest BCUT2D eigenvalue weighted by Gasteiger charge is -2.03. The molecule has 29 heavy (non-hydrogen) atoms. The number of hydrogen-bond donors (Lipinski definition) is 3. The number of H-pyrrole nitrogens is 2. The molecule has 4 rings (SSSR count). The first-order valence-corrected chi connectivity index (χ1v) is 8.40. The van der Waals surface area contributed by atoms with E-state index in [0.29, 0.717) is 5.52 Å². The SMILES string of the molecule is O=NC=c1[nH]c(=Cc2cc(F)c(O)c(F)c2)c(=O)n1Cc1cccc2[nH]cnc12. The van der Waals surface area contributed by atoms with E-state index >= 15 is 0 Å². The minimum Gasteiger partial charge on any atom is -0.503 e. The second-order valence-corrected chi connectivity index (χ2v) is 6.24. The number of aromatic nitrogens is 4. The number of nitrogens with zero attached hydrogens (tertiary/aromatic N) is 3. The quantitative estimate of drug-likeness (QED) is 0.452. The largest absolute Gasteiger partial charge is 0.503 e. The Labute approximate surface area is 160 Å². The molecule has 146 valence electrons. The summed E-state index contributed by atoms with van der Waals surface area (Å²) in [6, 6.07) is 7.18. The summed E-state index contributed by atoms with van der Waals surface area (Å²) in [7, 11) is 0. The fourth-order valence-electron chi connectivity index (χ4n) is 3.08. The number of phenolic OH excluding ortho intramolecular Hbond substituents is 1. The fraction of sp³-hybridized carbons (Fsp3) is 0.0526. The van der Waals surface area contributed by atoms with Gasteiger partial charge in [0.1, 0.15) is 17.0 Å². The van der Waals surface area contributed by atoms with E-state index < -0.39 is 22.9 Å². The maximum absolute atomic E-state index is 13.6. The van der Waals surface area contributed by atoms with Crippen LogP contribution in [0, 0.1) is 16.5 Å². The Bertz CT molecular complexity index is 1390. The molecule has 0 amide bonds. The molecule has 0 saturated carbocycles. The smallest absolute Gasteiger partial charge is 0.276 e. The molecule has 0 unspecified atom stereocenters. The Morgan fingerprint density at radius 3 is 2.72 bits per heavy atom. The summed E-state index contributed by atoms with van der Waals surface area (Å²) >= 11 is 0. The third-order valence-corrected chi connectivity index (χ3v) is 4.42. The highest BCUT2D eigenvalue weighted by atomic mass is 19.1. The summed E-state index contributed by atoms with van der Waals surface area (Å²) in [6.45, 7) is 0.0883. The molecular weight excluding hydrogens is 384 g/mol. The van der Waals surface area contributed by atoms with Crippen molar-refractivity contribution in [2.75, 3.05) is 0 Å². The van der Waals surface area contributed by atoms with Crippen molar-refractivity contribution in [3.05, 3.63) is 85.5 Å². The van der Waals surface area contributed by atoms with Crippen molar-refractivity contribution in [1.29, 1.82) is 0 Å². The predicted octanol–water partition coefficient (Wildman–Crippen LogP) is 1.42. The third-order valence-electron chi connectivity index (χ3n) is 4.42. The number of rotatable bonds is 4. The molecule has 2 aromatic heterocycles. The van der Waals surface area contributed by atoms with Crippen molar-refractivity contribution in [3.63, 3.8) is 0 Å². The molecule has 0 spiro atoms. The van der Waals surface area contributed by atoms with E-state index in [9.17, 15) is 23.6 Å². The molecule has 2 aromatic carbocycles. The maximum atomic E-state index is 13.6. The van der Waals surface area contributed by atoms with Crippen molar-refractivity contribution in [2.24, 2.45) is 5.18 Å². The lowest BCUT2D eigenvalue weighted by atomic mass is 10.2. The number of fused-ring (bicyclic) bond motifs is 1. The Kier molecular flexibility index (Phi) is 4.51. The van der Waals surface area contributed by atoms with E-state index in [1.54, 1.807) is 12.1 Å². The van der Waals surface area contributed by atoms with Gasteiger partial charge in [0, 0.05) is 0 Å². The van der Waals surface area contributed by atoms with Crippen LogP contribution in [0.1, 0.15) is 11.1 Å². The molecule has 2 heterocycles. The first-order valence-electron chi connectivity index (χ1n) is 8.40. The Hall–Kier alpha value is -4.08. The van der Waals surface area contributed by atoms with Crippen molar-refractivity contribution < 1.29 is 13.9 Å². The number of benzene rings is 2. The van der Waals surface area contributed by atoms with Gasteiger partial charge in [0.05, 0.1) is 23.9 Å². The zero-order valence-electron chi connectivity index (χ0n) is 14.7. The first-order chi connectivity index (χ1) is 14.0. The molecular formula is C19H13F2N5O3. The lowest BCUT2D eigenvalue weighted by Crippen LogP contribution is -2.31. The van der Waals surface area contributed by atoms with Crippen LogP contribution in [0.15, 0.2) is 46.6 Å². The van der Waals surface area contributed by atoms with E-state index in [2.05, 4.69) is 20.1 Å². The molecule has 4 aromatic rings. The highest BCUT2D eigenvalue weighted by molar-refractivity contribution is 5.78. The van der Waals surface area contributed by atoms with Crippen LogP contribution in [0.4, 0.5) is 8.78 Å². The van der Waals surface area contributed by atoms with Crippen LogP contribution >= 0.6 is 0 Å². The summed E-state index contributed by atoms with van der Waals surface area (Å²) in [5.74, 6) is -3.42. The number of nitroso groups, excluding NO2 is 1. The van der Waals surface area contributed by atoms with Crippen LogP contribution in [0.5, 0.6) is 5.75 Å². The van der Waals surface area contributed by atoms with E-state index in [4.69, 9.17) is 0 Å². The van der Waals surface area contributed by atoms with Gasteiger partial charge < -0.3 is 15.1 Å². The zero-order chi connectivity index (χ0) is 20.5. The van der Waals surface area contributed by atoms with Gasteiger partial charge in [-0.1, -0.05) is 12.1 Å². The Morgan fingerprint density at radius 1 is 1.24 bits per heavy atom. The summed E-state index contributed by atoms with van der Waals surface area (Å²) in [5.41, 5.74) is 1.78. The van der Waals surface area contributed by atoms with Crippen molar-refractivity contribution in [1.82, 2.24) is 19.5 Å². The van der Waals surface area contributed by atoms with Crippen molar-refractivity contribution in [3.8, 4) is 5.75 Å². The number of para-hydroxylation sites is 1. The highest BCUT2D eigenvalue weighted by Gasteiger charge is 2.11. The minimum absolute atomic E-state index is 0.0152. The number of imidazole rings is 2. The van der Waals surface area contributed by atoms with Crippen molar-refractivity contribution in [2.45, 2.75) is 6.54 Å². The molecule has 0 radical (unpaired) electrons. The summed E-state index contributed by atoms with van der Waals surface area (Å²) < 4.78 is 28.4. The standard InChI is InChI=1S/C19H13F2N5O3/c20-12-4-10(5-13(21)18(12)27)6-15-19(28)26(16(25-15)7-24-29)8-11-2-1-3-14-17(11)23-9-22-14/h1-7,9,25,27H,8H2,(H,22,23). The average Bonchev–Trinajstić information content (AvgIpc) is 3.28. The summed E-state index contributed by atoms with van der Waals surface area (Å²) in [4.78, 5) is 33.5. The van der Waals surface area contributed by atoms with E-state index in [-0.39, 0.29) is 22.9 Å². The molecule has 0 aliphatic carbocycles. The molecule has 0 aliphatic heterocycles. The minimum atomic E-state index is -1.16. The van der Waals surface area contributed by atoms with Gasteiger partial charge in [-0.25, -0.2) is 13.8 Å². The monoisotopic (exact) mass is 397 g/mol. The Morgan fingerprint density at radius 2 is 2.00 bits per heavy atom. The molecule has 0 fully saturated rings. The number of aromatic amines is 2. The topological polar surface area (TPSA) is 116 Å². The van der Waals surface area contributed by atoms with Crippen LogP contribution < -0.4 is 16.4 Å². The van der Waals surface area contributed by atoms with E-state index in [1.807, 2.05) is 6.07 Å². The summed E-state index contributed by atoms with van der Waals surface area (Å²) in [6.07, 6.45) is 3.67. The molecule has 3 N–H and O–H groups in total.